The highest BCUT2D eigenvalue weighted by molar-refractivity contribution is 5.94. The van der Waals surface area contributed by atoms with E-state index in [9.17, 15) is 14.7 Å². The largest absolute Gasteiger partial charge is 0.507 e. The molecule has 2 rings (SSSR count). The van der Waals surface area contributed by atoms with Gasteiger partial charge >= 0.3 is 0 Å². The number of phenolic OH excluding ortho intramolecular Hbond substituents is 1. The van der Waals surface area contributed by atoms with Gasteiger partial charge in [0.2, 0.25) is 0 Å². The van der Waals surface area contributed by atoms with Crippen molar-refractivity contribution >= 4 is 12.1 Å². The number of para-hydroxylation sites is 1. The van der Waals surface area contributed by atoms with E-state index in [4.69, 9.17) is 0 Å². The Morgan fingerprint density at radius 3 is 2.79 bits per heavy atom. The lowest BCUT2D eigenvalue weighted by Crippen LogP contribution is -2.25. The summed E-state index contributed by atoms with van der Waals surface area (Å²) in [5.74, 6) is -0.563. The van der Waals surface area contributed by atoms with Crippen LogP contribution in [-0.4, -0.2) is 22.2 Å². The zero-order chi connectivity index (χ0) is 13.7. The average Bonchev–Trinajstić information content (AvgIpc) is 2.41. The molecule has 0 fully saturated rings. The quantitative estimate of drug-likeness (QED) is 0.561. The van der Waals surface area contributed by atoms with Gasteiger partial charge in [0.25, 0.3) is 11.5 Å². The molecule has 0 unspecified atom stereocenters. The van der Waals surface area contributed by atoms with Crippen molar-refractivity contribution in [1.29, 1.82) is 0 Å². The Kier molecular flexibility index (Phi) is 3.72. The van der Waals surface area contributed by atoms with Crippen molar-refractivity contribution in [2.24, 2.45) is 5.10 Å². The van der Waals surface area contributed by atoms with Crippen molar-refractivity contribution in [3.63, 3.8) is 0 Å². The second kappa shape index (κ2) is 5.63. The Labute approximate surface area is 108 Å². The molecule has 1 aromatic carbocycles. The highest BCUT2D eigenvalue weighted by Crippen LogP contribution is 2.12. The first kappa shape index (κ1) is 12.6. The SMILES string of the molecule is O=C(N/N=C\c1ccccc1O)c1ccc[nH]c1=O. The number of benzene rings is 1. The van der Waals surface area contributed by atoms with Crippen LogP contribution in [0, 0.1) is 0 Å². The van der Waals surface area contributed by atoms with Gasteiger partial charge in [0, 0.05) is 11.8 Å². The summed E-state index contributed by atoms with van der Waals surface area (Å²) in [6, 6.07) is 9.48. The molecule has 2 aromatic rings. The number of rotatable bonds is 3. The van der Waals surface area contributed by atoms with Crippen LogP contribution in [0.15, 0.2) is 52.5 Å². The molecule has 0 aliphatic rings. The lowest BCUT2D eigenvalue weighted by Gasteiger charge is -1.99. The molecule has 3 N–H and O–H groups in total. The fraction of sp³-hybridized carbons (Fsp3) is 0. The minimum Gasteiger partial charge on any atom is -0.507 e. The lowest BCUT2D eigenvalue weighted by molar-refractivity contribution is 0.0953. The van der Waals surface area contributed by atoms with Gasteiger partial charge in [-0.1, -0.05) is 12.1 Å². The first-order valence-electron chi connectivity index (χ1n) is 5.47. The van der Waals surface area contributed by atoms with Gasteiger partial charge < -0.3 is 10.1 Å². The number of aromatic amines is 1. The second-order valence-electron chi connectivity index (χ2n) is 3.67. The summed E-state index contributed by atoms with van der Waals surface area (Å²) >= 11 is 0. The number of carbonyl (C=O) groups is 1. The number of hydrogen-bond donors (Lipinski definition) is 3. The van der Waals surface area contributed by atoms with E-state index in [2.05, 4.69) is 15.5 Å². The summed E-state index contributed by atoms with van der Waals surface area (Å²) in [4.78, 5) is 25.4. The van der Waals surface area contributed by atoms with E-state index in [0.717, 1.165) is 0 Å². The van der Waals surface area contributed by atoms with Crippen LogP contribution in [0.5, 0.6) is 5.75 Å². The molecular weight excluding hydrogens is 246 g/mol. The number of amides is 1. The lowest BCUT2D eigenvalue weighted by atomic mass is 10.2. The Balaban J connectivity index is 2.08. The highest BCUT2D eigenvalue weighted by atomic mass is 16.3. The van der Waals surface area contributed by atoms with Gasteiger partial charge in [-0.15, -0.1) is 0 Å². The Hall–Kier alpha value is -2.89. The van der Waals surface area contributed by atoms with Crippen molar-refractivity contribution in [1.82, 2.24) is 10.4 Å². The zero-order valence-corrected chi connectivity index (χ0v) is 9.83. The Morgan fingerprint density at radius 1 is 1.26 bits per heavy atom. The molecule has 0 spiro atoms. The van der Waals surface area contributed by atoms with Crippen molar-refractivity contribution < 1.29 is 9.90 Å². The monoisotopic (exact) mass is 257 g/mol. The van der Waals surface area contributed by atoms with Gasteiger partial charge in [-0.3, -0.25) is 9.59 Å². The molecule has 6 heteroatoms. The van der Waals surface area contributed by atoms with Crippen LogP contribution in [0.2, 0.25) is 0 Å². The number of carbonyl (C=O) groups excluding carboxylic acids is 1. The van der Waals surface area contributed by atoms with Crippen molar-refractivity contribution in [2.75, 3.05) is 0 Å². The maximum absolute atomic E-state index is 11.6. The zero-order valence-electron chi connectivity index (χ0n) is 9.83. The van der Waals surface area contributed by atoms with Gasteiger partial charge in [-0.2, -0.15) is 5.10 Å². The third-order valence-electron chi connectivity index (χ3n) is 2.37. The fourth-order valence-corrected chi connectivity index (χ4v) is 1.42. The smallest absolute Gasteiger partial charge is 0.276 e. The predicted molar refractivity (Wildman–Crippen MR) is 70.2 cm³/mol. The molecule has 0 atom stereocenters. The molecule has 6 nitrogen and oxygen atoms in total. The predicted octanol–water partition coefficient (Wildman–Crippen LogP) is 0.844. The molecule has 1 amide bonds. The molecular formula is C13H11N3O3. The number of aromatic hydroxyl groups is 1. The van der Waals surface area contributed by atoms with Crippen LogP contribution >= 0.6 is 0 Å². The summed E-state index contributed by atoms with van der Waals surface area (Å²) in [6.07, 6.45) is 2.73. The summed E-state index contributed by atoms with van der Waals surface area (Å²) in [5.41, 5.74) is 2.16. The minimum atomic E-state index is -0.617. The first-order valence-corrected chi connectivity index (χ1v) is 5.47. The standard InChI is InChI=1S/C13H11N3O3/c17-11-6-2-1-4-9(11)8-15-16-13(19)10-5-3-7-14-12(10)18/h1-8,17H,(H,14,18)(H,16,19)/b15-8-. The van der Waals surface area contributed by atoms with Crippen LogP contribution < -0.4 is 11.0 Å². The Morgan fingerprint density at radius 2 is 2.05 bits per heavy atom. The summed E-state index contributed by atoms with van der Waals surface area (Å²) in [5, 5.41) is 13.2. The maximum atomic E-state index is 11.6. The molecule has 1 aromatic heterocycles. The van der Waals surface area contributed by atoms with Crippen molar-refractivity contribution in [3.8, 4) is 5.75 Å². The van der Waals surface area contributed by atoms with Crippen LogP contribution in [-0.2, 0) is 0 Å². The molecule has 0 aliphatic heterocycles. The van der Waals surface area contributed by atoms with E-state index in [1.807, 2.05) is 0 Å². The fourth-order valence-electron chi connectivity index (χ4n) is 1.42. The molecule has 0 bridgehead atoms. The number of phenols is 1. The van der Waals surface area contributed by atoms with Crippen molar-refractivity contribution in [3.05, 3.63) is 64.1 Å². The van der Waals surface area contributed by atoms with Gasteiger partial charge in [-0.25, -0.2) is 5.43 Å². The Bertz CT molecular complexity index is 677. The van der Waals surface area contributed by atoms with Crippen LogP contribution in [0.25, 0.3) is 0 Å². The van der Waals surface area contributed by atoms with Gasteiger partial charge in [0.1, 0.15) is 11.3 Å². The molecule has 96 valence electrons. The number of hydrazone groups is 1. The third kappa shape index (κ3) is 3.06. The number of H-pyrrole nitrogens is 1. The van der Waals surface area contributed by atoms with Gasteiger partial charge in [-0.05, 0) is 24.3 Å². The molecule has 1 heterocycles. The summed E-state index contributed by atoms with van der Waals surface area (Å²) in [6.45, 7) is 0. The summed E-state index contributed by atoms with van der Waals surface area (Å²) in [7, 11) is 0. The maximum Gasteiger partial charge on any atom is 0.276 e. The number of nitrogens with one attached hydrogen (secondary N) is 2. The molecule has 0 saturated carbocycles. The number of pyridine rings is 1. The van der Waals surface area contributed by atoms with E-state index in [1.165, 1.54) is 24.5 Å². The van der Waals surface area contributed by atoms with E-state index in [0.29, 0.717) is 5.56 Å². The minimum absolute atomic E-state index is 0.0306. The number of nitrogens with zero attached hydrogens (tertiary/aromatic N) is 1. The molecule has 0 radical (unpaired) electrons. The van der Waals surface area contributed by atoms with Crippen LogP contribution in [0.1, 0.15) is 15.9 Å². The molecule has 19 heavy (non-hydrogen) atoms. The molecule has 0 aliphatic carbocycles. The first-order chi connectivity index (χ1) is 9.18. The summed E-state index contributed by atoms with van der Waals surface area (Å²) < 4.78 is 0. The van der Waals surface area contributed by atoms with E-state index in [1.54, 1.807) is 24.3 Å². The molecule has 0 saturated heterocycles. The van der Waals surface area contributed by atoms with E-state index < -0.39 is 11.5 Å². The number of aromatic nitrogens is 1. The highest BCUT2D eigenvalue weighted by Gasteiger charge is 2.07. The number of hydrogen-bond acceptors (Lipinski definition) is 4. The normalized spacial score (nSPS) is 10.5. The van der Waals surface area contributed by atoms with E-state index in [-0.39, 0.29) is 11.3 Å². The van der Waals surface area contributed by atoms with Crippen LogP contribution in [0.4, 0.5) is 0 Å². The topological polar surface area (TPSA) is 94.5 Å². The second-order valence-corrected chi connectivity index (χ2v) is 3.67. The third-order valence-corrected chi connectivity index (χ3v) is 2.37. The van der Waals surface area contributed by atoms with Crippen molar-refractivity contribution in [2.45, 2.75) is 0 Å². The van der Waals surface area contributed by atoms with Gasteiger partial charge in [0.05, 0.1) is 6.21 Å². The van der Waals surface area contributed by atoms with Gasteiger partial charge in [0.15, 0.2) is 0 Å². The van der Waals surface area contributed by atoms with E-state index >= 15 is 0 Å². The van der Waals surface area contributed by atoms with Crippen LogP contribution in [0.3, 0.4) is 0 Å². The average molecular weight is 257 g/mol.